The van der Waals surface area contributed by atoms with Crippen LogP contribution in [0.5, 0.6) is 0 Å². The van der Waals surface area contributed by atoms with Gasteiger partial charge in [-0.05, 0) is 49.8 Å². The van der Waals surface area contributed by atoms with Crippen molar-refractivity contribution in [3.8, 4) is 0 Å². The summed E-state index contributed by atoms with van der Waals surface area (Å²) in [6, 6.07) is 6.58. The third-order valence-electron chi connectivity index (χ3n) is 3.62. The minimum absolute atomic E-state index is 0.175. The molecular weight excluding hydrogens is 316 g/mol. The molecule has 0 bridgehead atoms. The molecule has 2 rings (SSSR count). The lowest BCUT2D eigenvalue weighted by atomic mass is 10.0. The van der Waals surface area contributed by atoms with E-state index in [2.05, 4.69) is 46.1 Å². The van der Waals surface area contributed by atoms with Gasteiger partial charge in [-0.15, -0.1) is 0 Å². The molecule has 112 valence electrons. The van der Waals surface area contributed by atoms with Crippen LogP contribution in [0.3, 0.4) is 0 Å². The molecule has 1 aromatic rings. The summed E-state index contributed by atoms with van der Waals surface area (Å²) in [5, 5.41) is 0. The molecule has 1 aliphatic carbocycles. The van der Waals surface area contributed by atoms with Crippen molar-refractivity contribution in [1.29, 1.82) is 0 Å². The standard InChI is InChI=1S/C16H25BrN2O/c1-12(18)9-14-5-6-15(17)10-16(14)19(2)7-8-20-11-13-3-4-13/h5-6,10,12-13H,3-4,7-9,11,18H2,1-2H3. The molecule has 2 N–H and O–H groups in total. The Morgan fingerprint density at radius 1 is 1.45 bits per heavy atom. The van der Waals surface area contributed by atoms with Crippen molar-refractivity contribution in [3.63, 3.8) is 0 Å². The number of likely N-dealkylation sites (N-methyl/N-ethyl adjacent to an activating group) is 1. The number of nitrogens with two attached hydrogens (primary N) is 1. The highest BCUT2D eigenvalue weighted by Gasteiger charge is 2.21. The van der Waals surface area contributed by atoms with Crippen molar-refractivity contribution >= 4 is 21.6 Å². The Hall–Kier alpha value is -0.580. The Morgan fingerprint density at radius 2 is 2.20 bits per heavy atom. The van der Waals surface area contributed by atoms with Crippen LogP contribution in [0.4, 0.5) is 5.69 Å². The van der Waals surface area contributed by atoms with Crippen molar-refractivity contribution < 1.29 is 4.74 Å². The molecule has 0 aliphatic heterocycles. The Kier molecular flexibility index (Phi) is 5.87. The zero-order valence-corrected chi connectivity index (χ0v) is 14.0. The number of hydrogen-bond acceptors (Lipinski definition) is 3. The average Bonchev–Trinajstić information content (AvgIpc) is 3.20. The van der Waals surface area contributed by atoms with Crippen LogP contribution in [0.25, 0.3) is 0 Å². The summed E-state index contributed by atoms with van der Waals surface area (Å²) in [5.41, 5.74) is 8.48. The molecule has 0 aromatic heterocycles. The van der Waals surface area contributed by atoms with Crippen molar-refractivity contribution in [1.82, 2.24) is 0 Å². The number of ether oxygens (including phenoxy) is 1. The van der Waals surface area contributed by atoms with Gasteiger partial charge in [0.15, 0.2) is 0 Å². The van der Waals surface area contributed by atoms with Crippen LogP contribution in [-0.4, -0.2) is 32.8 Å². The highest BCUT2D eigenvalue weighted by atomic mass is 79.9. The van der Waals surface area contributed by atoms with Gasteiger partial charge < -0.3 is 15.4 Å². The Morgan fingerprint density at radius 3 is 2.85 bits per heavy atom. The fourth-order valence-electron chi connectivity index (χ4n) is 2.27. The summed E-state index contributed by atoms with van der Waals surface area (Å²) in [6.07, 6.45) is 3.59. The predicted octanol–water partition coefficient (Wildman–Crippen LogP) is 3.20. The van der Waals surface area contributed by atoms with E-state index in [4.69, 9.17) is 10.5 Å². The fraction of sp³-hybridized carbons (Fsp3) is 0.625. The summed E-state index contributed by atoms with van der Waals surface area (Å²) in [7, 11) is 2.12. The molecule has 0 saturated heterocycles. The average molecular weight is 341 g/mol. The molecule has 1 atom stereocenters. The first-order valence-electron chi connectivity index (χ1n) is 7.39. The Balaban J connectivity index is 1.91. The normalized spacial score (nSPS) is 16.2. The lowest BCUT2D eigenvalue weighted by molar-refractivity contribution is 0.131. The third kappa shape index (κ3) is 5.08. The lowest BCUT2D eigenvalue weighted by Crippen LogP contribution is -2.26. The maximum atomic E-state index is 5.94. The first-order valence-corrected chi connectivity index (χ1v) is 8.18. The SMILES string of the molecule is CC(N)Cc1ccc(Br)cc1N(C)CCOCC1CC1. The second-order valence-electron chi connectivity index (χ2n) is 5.89. The van der Waals surface area contributed by atoms with Crippen molar-refractivity contribution in [3.05, 3.63) is 28.2 Å². The van der Waals surface area contributed by atoms with Crippen molar-refractivity contribution in [2.24, 2.45) is 11.7 Å². The van der Waals surface area contributed by atoms with Gasteiger partial charge in [0.1, 0.15) is 0 Å². The van der Waals surface area contributed by atoms with E-state index in [9.17, 15) is 0 Å². The molecule has 0 radical (unpaired) electrons. The van der Waals surface area contributed by atoms with Crippen LogP contribution < -0.4 is 10.6 Å². The Labute approximate surface area is 130 Å². The molecule has 1 unspecified atom stereocenters. The van der Waals surface area contributed by atoms with Crippen LogP contribution in [0.1, 0.15) is 25.3 Å². The van der Waals surface area contributed by atoms with E-state index >= 15 is 0 Å². The zero-order chi connectivity index (χ0) is 14.5. The highest BCUT2D eigenvalue weighted by molar-refractivity contribution is 9.10. The number of halogens is 1. The summed E-state index contributed by atoms with van der Waals surface area (Å²) >= 11 is 3.55. The highest BCUT2D eigenvalue weighted by Crippen LogP contribution is 2.29. The molecule has 3 nitrogen and oxygen atoms in total. The fourth-order valence-corrected chi connectivity index (χ4v) is 2.62. The second-order valence-corrected chi connectivity index (χ2v) is 6.81. The predicted molar refractivity (Wildman–Crippen MR) is 88.3 cm³/mol. The first kappa shape index (κ1) is 15.8. The number of hydrogen-bond donors (Lipinski definition) is 1. The van der Waals surface area contributed by atoms with Gasteiger partial charge in [0.25, 0.3) is 0 Å². The van der Waals surface area contributed by atoms with Crippen LogP contribution >= 0.6 is 15.9 Å². The van der Waals surface area contributed by atoms with Gasteiger partial charge in [0.05, 0.1) is 6.61 Å². The smallest absolute Gasteiger partial charge is 0.0641 e. The summed E-state index contributed by atoms with van der Waals surface area (Å²) in [6.45, 7) is 4.68. The molecule has 1 aliphatic rings. The lowest BCUT2D eigenvalue weighted by Gasteiger charge is -2.23. The quantitative estimate of drug-likeness (QED) is 0.738. The maximum absolute atomic E-state index is 5.94. The van der Waals surface area contributed by atoms with E-state index in [1.54, 1.807) is 0 Å². The molecular formula is C16H25BrN2O. The van der Waals surface area contributed by atoms with Crippen LogP contribution in [0.2, 0.25) is 0 Å². The van der Waals surface area contributed by atoms with E-state index in [0.29, 0.717) is 0 Å². The number of benzene rings is 1. The minimum Gasteiger partial charge on any atom is -0.379 e. The molecule has 1 saturated carbocycles. The monoisotopic (exact) mass is 340 g/mol. The van der Waals surface area contributed by atoms with Gasteiger partial charge in [-0.2, -0.15) is 0 Å². The topological polar surface area (TPSA) is 38.5 Å². The van der Waals surface area contributed by atoms with E-state index in [1.807, 2.05) is 6.92 Å². The zero-order valence-electron chi connectivity index (χ0n) is 12.4. The van der Waals surface area contributed by atoms with Crippen molar-refractivity contribution in [2.45, 2.75) is 32.2 Å². The van der Waals surface area contributed by atoms with Crippen LogP contribution in [0, 0.1) is 5.92 Å². The summed E-state index contributed by atoms with van der Waals surface area (Å²) in [5.74, 6) is 0.833. The van der Waals surface area contributed by atoms with E-state index in [-0.39, 0.29) is 6.04 Å². The molecule has 0 heterocycles. The van der Waals surface area contributed by atoms with Gasteiger partial charge in [-0.1, -0.05) is 22.0 Å². The van der Waals surface area contributed by atoms with E-state index < -0.39 is 0 Å². The van der Waals surface area contributed by atoms with Gasteiger partial charge in [-0.3, -0.25) is 0 Å². The van der Waals surface area contributed by atoms with E-state index in [0.717, 1.165) is 36.6 Å². The van der Waals surface area contributed by atoms with Crippen LogP contribution in [-0.2, 0) is 11.2 Å². The molecule has 1 fully saturated rings. The number of anilines is 1. The Bertz CT molecular complexity index is 432. The molecule has 4 heteroatoms. The molecule has 20 heavy (non-hydrogen) atoms. The third-order valence-corrected chi connectivity index (χ3v) is 4.12. The molecule has 1 aromatic carbocycles. The minimum atomic E-state index is 0.175. The van der Waals surface area contributed by atoms with Gasteiger partial charge in [-0.25, -0.2) is 0 Å². The first-order chi connectivity index (χ1) is 9.56. The van der Waals surface area contributed by atoms with Crippen LogP contribution in [0.15, 0.2) is 22.7 Å². The number of nitrogens with zero attached hydrogens (tertiary/aromatic N) is 1. The van der Waals surface area contributed by atoms with Gasteiger partial charge in [0.2, 0.25) is 0 Å². The second kappa shape index (κ2) is 7.43. The summed E-state index contributed by atoms with van der Waals surface area (Å²) < 4.78 is 6.83. The maximum Gasteiger partial charge on any atom is 0.0641 e. The molecule has 0 spiro atoms. The van der Waals surface area contributed by atoms with Gasteiger partial charge in [0, 0.05) is 36.4 Å². The largest absolute Gasteiger partial charge is 0.379 e. The summed E-state index contributed by atoms with van der Waals surface area (Å²) in [4.78, 5) is 2.26. The van der Waals surface area contributed by atoms with Crippen molar-refractivity contribution in [2.75, 3.05) is 31.7 Å². The molecule has 0 amide bonds. The van der Waals surface area contributed by atoms with Gasteiger partial charge >= 0.3 is 0 Å². The van der Waals surface area contributed by atoms with E-state index in [1.165, 1.54) is 24.1 Å². The number of rotatable bonds is 8.